The van der Waals surface area contributed by atoms with Crippen molar-refractivity contribution in [1.82, 2.24) is 0 Å². The van der Waals surface area contributed by atoms with Crippen LogP contribution in [0.1, 0.15) is 6.92 Å². The predicted octanol–water partition coefficient (Wildman–Crippen LogP) is 2.13. The van der Waals surface area contributed by atoms with E-state index in [2.05, 4.69) is 56.9 Å². The zero-order valence-electron chi connectivity index (χ0n) is 9.26. The number of rotatable bonds is 1. The normalized spacial score (nSPS) is 21.5. The van der Waals surface area contributed by atoms with Gasteiger partial charge in [-0.1, -0.05) is 13.0 Å². The van der Waals surface area contributed by atoms with E-state index in [0.29, 0.717) is 5.92 Å². The van der Waals surface area contributed by atoms with Gasteiger partial charge in [-0.15, -0.1) is 0 Å². The zero-order chi connectivity index (χ0) is 10.0. The fourth-order valence-electron chi connectivity index (χ4n) is 1.56. The summed E-state index contributed by atoms with van der Waals surface area (Å²) in [4.78, 5) is 0. The van der Waals surface area contributed by atoms with E-state index < -0.39 is 0 Å². The Morgan fingerprint density at radius 3 is 2.38 bits per heavy atom. The minimum Gasteiger partial charge on any atom is -0.296 e. The van der Waals surface area contributed by atoms with E-state index in [-0.39, 0.29) is 8.80 Å². The molecule has 0 aliphatic heterocycles. The monoisotopic (exact) mass is 193 g/mol. The first-order valence-electron chi connectivity index (χ1n) is 4.77. The van der Waals surface area contributed by atoms with Gasteiger partial charge in [0.15, 0.2) is 5.71 Å². The van der Waals surface area contributed by atoms with Crippen LogP contribution in [0.4, 0.5) is 0 Å². The van der Waals surface area contributed by atoms with Crippen molar-refractivity contribution >= 4 is 14.5 Å². The molecule has 1 atom stereocenters. The molecule has 0 N–H and O–H groups in total. The summed E-state index contributed by atoms with van der Waals surface area (Å²) in [6.07, 6.45) is 6.89. The maximum Gasteiger partial charge on any atom is 0.196 e. The smallest absolute Gasteiger partial charge is 0.196 e. The molecule has 0 aromatic heterocycles. The first-order chi connectivity index (χ1) is 6.02. The van der Waals surface area contributed by atoms with E-state index in [1.165, 1.54) is 5.71 Å². The molecule has 0 saturated carbocycles. The maximum atomic E-state index is 2.36. The van der Waals surface area contributed by atoms with Gasteiger partial charge in [0, 0.05) is 6.08 Å². The van der Waals surface area contributed by atoms with Gasteiger partial charge in [0.25, 0.3) is 0 Å². The summed E-state index contributed by atoms with van der Waals surface area (Å²) >= 11 is 0. The lowest BCUT2D eigenvalue weighted by Crippen LogP contribution is -2.20. The van der Waals surface area contributed by atoms with Gasteiger partial charge in [0.1, 0.15) is 14.1 Å². The van der Waals surface area contributed by atoms with Crippen LogP contribution in [0, 0.1) is 5.92 Å². The van der Waals surface area contributed by atoms with Crippen LogP contribution in [0.2, 0.25) is 13.1 Å². The summed E-state index contributed by atoms with van der Waals surface area (Å²) in [5, 5.41) is 1.64. The SMILES string of the molecule is CC1C=CC(=[N+](C)C)C=C1[Si-](C)C. The van der Waals surface area contributed by atoms with Crippen LogP contribution in [0.5, 0.6) is 0 Å². The van der Waals surface area contributed by atoms with Crippen LogP contribution in [0.3, 0.4) is 0 Å². The quantitative estimate of drug-likeness (QED) is 0.443. The molecule has 13 heavy (non-hydrogen) atoms. The second-order valence-electron chi connectivity index (χ2n) is 4.07. The highest BCUT2D eigenvalue weighted by atomic mass is 28.3. The van der Waals surface area contributed by atoms with Crippen molar-refractivity contribution in [2.24, 2.45) is 5.92 Å². The number of allylic oxidation sites excluding steroid dienone is 4. The molecule has 1 unspecified atom stereocenters. The molecule has 1 rings (SSSR count). The molecule has 1 aliphatic rings. The maximum absolute atomic E-state index is 2.36. The predicted molar refractivity (Wildman–Crippen MR) is 61.0 cm³/mol. The van der Waals surface area contributed by atoms with E-state index in [4.69, 9.17) is 0 Å². The van der Waals surface area contributed by atoms with Crippen molar-refractivity contribution in [3.05, 3.63) is 23.4 Å². The van der Waals surface area contributed by atoms with Crippen LogP contribution >= 0.6 is 0 Å². The van der Waals surface area contributed by atoms with Crippen molar-refractivity contribution in [3.8, 4) is 0 Å². The Kier molecular flexibility index (Phi) is 3.26. The third-order valence-electron chi connectivity index (χ3n) is 2.44. The molecule has 0 bridgehead atoms. The summed E-state index contributed by atoms with van der Waals surface area (Å²) in [6, 6.07) is 0. The average molecular weight is 193 g/mol. The van der Waals surface area contributed by atoms with Gasteiger partial charge in [-0.05, 0) is 12.0 Å². The fraction of sp³-hybridized carbons (Fsp3) is 0.545. The molecule has 0 saturated heterocycles. The molecular formula is C11H19NSi. The third kappa shape index (κ3) is 2.40. The number of nitrogens with zero attached hydrogens (tertiary/aromatic N) is 1. The third-order valence-corrected chi connectivity index (χ3v) is 4.20. The van der Waals surface area contributed by atoms with Crippen molar-refractivity contribution in [2.75, 3.05) is 14.1 Å². The minimum atomic E-state index is -0.287. The topological polar surface area (TPSA) is 3.01 Å². The minimum absolute atomic E-state index is 0.287. The second kappa shape index (κ2) is 4.05. The summed E-state index contributed by atoms with van der Waals surface area (Å²) in [6.45, 7) is 7.01. The molecular weight excluding hydrogens is 174 g/mol. The Labute approximate surface area is 83.1 Å². The van der Waals surface area contributed by atoms with Crippen molar-refractivity contribution < 1.29 is 4.58 Å². The van der Waals surface area contributed by atoms with Crippen molar-refractivity contribution in [1.29, 1.82) is 0 Å². The standard InChI is InChI=1S/C11H19NSi/c1-9-6-7-10(12(2)3)8-11(9)13(4)5/h6-9H,1-5H3. The van der Waals surface area contributed by atoms with E-state index in [0.717, 1.165) is 0 Å². The van der Waals surface area contributed by atoms with Gasteiger partial charge in [0.2, 0.25) is 0 Å². The Balaban J connectivity index is 3.01. The number of hydrogen-bond acceptors (Lipinski definition) is 0. The summed E-state index contributed by atoms with van der Waals surface area (Å²) in [5.41, 5.74) is 1.33. The Morgan fingerprint density at radius 1 is 1.31 bits per heavy atom. The molecule has 0 aromatic rings. The van der Waals surface area contributed by atoms with Crippen LogP contribution in [0.25, 0.3) is 0 Å². The van der Waals surface area contributed by atoms with Gasteiger partial charge >= 0.3 is 0 Å². The fourth-order valence-corrected chi connectivity index (χ4v) is 3.01. The largest absolute Gasteiger partial charge is 0.296 e. The first-order valence-corrected chi connectivity index (χ1v) is 7.27. The summed E-state index contributed by atoms with van der Waals surface area (Å²) in [5.74, 6) is 0.646. The molecule has 2 heteroatoms. The second-order valence-corrected chi connectivity index (χ2v) is 6.64. The van der Waals surface area contributed by atoms with E-state index in [1.807, 2.05) is 0 Å². The Morgan fingerprint density at radius 2 is 1.92 bits per heavy atom. The Hall–Kier alpha value is -0.633. The highest BCUT2D eigenvalue weighted by Crippen LogP contribution is 2.19. The summed E-state index contributed by atoms with van der Waals surface area (Å²) in [7, 11) is 3.91. The molecule has 1 nitrogen and oxygen atoms in total. The van der Waals surface area contributed by atoms with Crippen LogP contribution in [0.15, 0.2) is 23.4 Å². The van der Waals surface area contributed by atoms with Gasteiger partial charge < -0.3 is 0 Å². The van der Waals surface area contributed by atoms with Gasteiger partial charge in [0.05, 0.1) is 0 Å². The van der Waals surface area contributed by atoms with Gasteiger partial charge in [-0.25, -0.2) is 9.77 Å². The van der Waals surface area contributed by atoms with E-state index in [9.17, 15) is 0 Å². The average Bonchev–Trinajstić information content (AvgIpc) is 2.04. The van der Waals surface area contributed by atoms with Gasteiger partial charge in [-0.2, -0.15) is 13.1 Å². The van der Waals surface area contributed by atoms with Gasteiger partial charge in [-0.3, -0.25) is 8.80 Å². The van der Waals surface area contributed by atoms with E-state index in [1.54, 1.807) is 5.20 Å². The van der Waals surface area contributed by atoms with Crippen LogP contribution < -0.4 is 0 Å². The molecule has 0 fully saturated rings. The van der Waals surface area contributed by atoms with Crippen LogP contribution in [-0.2, 0) is 0 Å². The first kappa shape index (κ1) is 10.4. The Bertz CT molecular complexity index is 280. The zero-order valence-corrected chi connectivity index (χ0v) is 10.3. The highest BCUT2D eigenvalue weighted by Gasteiger charge is 2.10. The molecule has 0 spiro atoms. The summed E-state index contributed by atoms with van der Waals surface area (Å²) < 4.78 is 2.17. The van der Waals surface area contributed by atoms with Crippen molar-refractivity contribution in [3.63, 3.8) is 0 Å². The lowest BCUT2D eigenvalue weighted by atomic mass is 10.0. The molecule has 1 aliphatic carbocycles. The van der Waals surface area contributed by atoms with Crippen LogP contribution in [-0.4, -0.2) is 33.2 Å². The molecule has 0 amide bonds. The highest BCUT2D eigenvalue weighted by molar-refractivity contribution is 6.64. The number of hydrogen-bond donors (Lipinski definition) is 0. The molecule has 0 radical (unpaired) electrons. The van der Waals surface area contributed by atoms with Crippen molar-refractivity contribution in [2.45, 2.75) is 20.0 Å². The lowest BCUT2D eigenvalue weighted by Gasteiger charge is -2.29. The lowest BCUT2D eigenvalue weighted by molar-refractivity contribution is -0.462. The molecule has 0 heterocycles. The van der Waals surface area contributed by atoms with E-state index >= 15 is 0 Å². The molecule has 72 valence electrons. The molecule has 0 aromatic carbocycles.